The molecule has 4 aromatic carbocycles. The first-order valence-corrected chi connectivity index (χ1v) is 26.6. The summed E-state index contributed by atoms with van der Waals surface area (Å²) in [5.74, 6) is 2.12. The molecule has 9 rings (SSSR count). The summed E-state index contributed by atoms with van der Waals surface area (Å²) < 4.78 is 38.8. The minimum absolute atomic E-state index is 0.163. The van der Waals surface area contributed by atoms with E-state index < -0.39 is 61.2 Å². The molecule has 0 unspecified atom stereocenters. The van der Waals surface area contributed by atoms with Crippen LogP contribution in [-0.4, -0.2) is 67.3 Å². The Kier molecular flexibility index (Phi) is 15.8. The van der Waals surface area contributed by atoms with E-state index in [0.29, 0.717) is 22.8 Å². The van der Waals surface area contributed by atoms with E-state index in [1.54, 1.807) is 121 Å². The van der Waals surface area contributed by atoms with Crippen molar-refractivity contribution in [3.8, 4) is 0 Å². The zero-order valence-corrected chi connectivity index (χ0v) is 42.3. The fourth-order valence-corrected chi connectivity index (χ4v) is 14.2. The van der Waals surface area contributed by atoms with Gasteiger partial charge in [0.2, 0.25) is 0 Å². The largest absolute Gasteiger partial charge is 0.459 e. The van der Waals surface area contributed by atoms with Crippen LogP contribution in [0.25, 0.3) is 0 Å². The summed E-state index contributed by atoms with van der Waals surface area (Å²) in [6.45, 7) is 12.0. The van der Waals surface area contributed by atoms with Gasteiger partial charge in [0.25, 0.3) is 0 Å². The fourth-order valence-electron chi connectivity index (χ4n) is 14.2. The van der Waals surface area contributed by atoms with Gasteiger partial charge in [-0.15, -0.1) is 0 Å². The van der Waals surface area contributed by atoms with Gasteiger partial charge in [0.05, 0.1) is 28.4 Å². The first-order valence-electron chi connectivity index (χ1n) is 26.6. The predicted molar refractivity (Wildman–Crippen MR) is 270 cm³/mol. The van der Waals surface area contributed by atoms with E-state index in [0.717, 1.165) is 55.3 Å². The van der Waals surface area contributed by atoms with Crippen LogP contribution < -0.4 is 0 Å². The van der Waals surface area contributed by atoms with Gasteiger partial charge in [-0.2, -0.15) is 0 Å². The molecule has 5 aliphatic rings. The molecule has 10 heteroatoms. The van der Waals surface area contributed by atoms with Crippen molar-refractivity contribution in [2.75, 3.05) is 6.61 Å². The molecule has 0 N–H and O–H groups in total. The molecule has 1 heterocycles. The lowest BCUT2D eigenvalue weighted by atomic mass is 9.44. The number of carbonyl (C=O) groups is 4. The van der Waals surface area contributed by atoms with Crippen molar-refractivity contribution < 1.29 is 47.6 Å². The highest BCUT2D eigenvalue weighted by molar-refractivity contribution is 5.91. The molecular weight excluding hydrogens is 893 g/mol. The zero-order valence-electron chi connectivity index (χ0n) is 42.3. The Morgan fingerprint density at radius 3 is 1.63 bits per heavy atom. The SMILES string of the molecule is CC(C)CCC[C@@H](C)[C@H]1CC[C@H]2[C@@H]3CC[C@H]4C[C@@H](O[C@H]5O[C@H](COC(=O)c6ccccc6)[C@@H](OC(=O)c6ccccc6)[C@H](OC(=O)c6ccccc6)[C@@H]5OC(=O)c5ccccc5)CC[C@]4(C)[C@H]3CC[C@]12C. The molecule has 5 fully saturated rings. The number of rotatable bonds is 16. The first-order chi connectivity index (χ1) is 34.3. The van der Waals surface area contributed by atoms with Crippen molar-refractivity contribution in [3.63, 3.8) is 0 Å². The molecule has 10 nitrogen and oxygen atoms in total. The summed E-state index contributed by atoms with van der Waals surface area (Å²) in [6.07, 6.45) is 7.09. The Bertz CT molecular complexity index is 2410. The van der Waals surface area contributed by atoms with Gasteiger partial charge in [0.1, 0.15) is 12.7 Å². The fraction of sp³-hybridized carbons (Fsp3) is 0.541. The average molecular weight is 967 g/mol. The minimum Gasteiger partial charge on any atom is -0.459 e. The molecule has 4 aliphatic carbocycles. The second-order valence-corrected chi connectivity index (χ2v) is 22.4. The Balaban J connectivity index is 0.997. The third kappa shape index (κ3) is 11.0. The van der Waals surface area contributed by atoms with E-state index >= 15 is 0 Å². The van der Waals surface area contributed by atoms with E-state index in [2.05, 4.69) is 34.6 Å². The van der Waals surface area contributed by atoms with Crippen molar-refractivity contribution in [3.05, 3.63) is 144 Å². The number of hydrogen-bond donors (Lipinski definition) is 0. The number of benzene rings is 4. The van der Waals surface area contributed by atoms with Gasteiger partial charge in [-0.3, -0.25) is 0 Å². The summed E-state index contributed by atoms with van der Waals surface area (Å²) >= 11 is 0. The number of carbonyl (C=O) groups excluding carboxylic acids is 4. The van der Waals surface area contributed by atoms with E-state index in [9.17, 15) is 19.2 Å². The maximum absolute atomic E-state index is 14.2. The van der Waals surface area contributed by atoms with Gasteiger partial charge in [-0.25, -0.2) is 19.2 Å². The lowest BCUT2D eigenvalue weighted by Gasteiger charge is -2.61. The quantitative estimate of drug-likeness (QED) is 0.0609. The third-order valence-electron chi connectivity index (χ3n) is 17.9. The Hall–Kier alpha value is -5.32. The molecule has 1 aliphatic heterocycles. The van der Waals surface area contributed by atoms with Crippen molar-refractivity contribution in [1.29, 1.82) is 0 Å². The highest BCUT2D eigenvalue weighted by Crippen LogP contribution is 2.68. The first kappa shape index (κ1) is 50.6. The van der Waals surface area contributed by atoms with Crippen LogP contribution in [0.5, 0.6) is 0 Å². The molecule has 4 saturated carbocycles. The highest BCUT2D eigenvalue weighted by atomic mass is 16.7. The van der Waals surface area contributed by atoms with Crippen LogP contribution in [0.3, 0.4) is 0 Å². The predicted octanol–water partition coefficient (Wildman–Crippen LogP) is 12.8. The summed E-state index contributed by atoms with van der Waals surface area (Å²) in [5.41, 5.74) is 1.62. The third-order valence-corrected chi connectivity index (χ3v) is 17.9. The maximum atomic E-state index is 14.2. The van der Waals surface area contributed by atoms with Gasteiger partial charge < -0.3 is 28.4 Å². The van der Waals surface area contributed by atoms with Crippen LogP contribution in [0.15, 0.2) is 121 Å². The Morgan fingerprint density at radius 2 is 1.07 bits per heavy atom. The number of fused-ring (bicyclic) bond motifs is 5. The summed E-state index contributed by atoms with van der Waals surface area (Å²) in [5, 5.41) is 0. The maximum Gasteiger partial charge on any atom is 0.338 e. The van der Waals surface area contributed by atoms with Crippen molar-refractivity contribution in [2.24, 2.45) is 52.3 Å². The summed E-state index contributed by atoms with van der Waals surface area (Å²) in [4.78, 5) is 56.0. The van der Waals surface area contributed by atoms with Crippen LogP contribution in [-0.2, 0) is 28.4 Å². The molecule has 71 heavy (non-hydrogen) atoms. The molecule has 0 aromatic heterocycles. The topological polar surface area (TPSA) is 124 Å². The van der Waals surface area contributed by atoms with Gasteiger partial charge in [0, 0.05) is 0 Å². The normalized spacial score (nSPS) is 32.6. The second kappa shape index (κ2) is 22.2. The molecule has 14 atom stereocenters. The highest BCUT2D eigenvalue weighted by Gasteiger charge is 2.61. The van der Waals surface area contributed by atoms with Crippen LogP contribution in [0, 0.1) is 52.3 Å². The van der Waals surface area contributed by atoms with E-state index in [4.69, 9.17) is 28.4 Å². The standard InChI is InChI=1S/C61H74O10/c1-39(2)19-18-20-40(3)48-31-32-49-47-30-29-45-37-46(33-35-60(45,4)50(47)34-36-61(48,49)5)67-59-54(71-58(65)44-27-16-9-17-28-44)53(70-57(64)43-25-14-8-15-26-43)52(69-56(63)42-23-12-7-13-24-42)51(68-59)38-66-55(62)41-21-10-6-11-22-41/h6-17,21-28,39-40,45-54,59H,18-20,29-38H2,1-5H3/t40-,45+,46+,47+,48-,49+,50+,51-,52-,53+,54+,59+,60+,61-/m1/s1. The second-order valence-electron chi connectivity index (χ2n) is 22.4. The lowest BCUT2D eigenvalue weighted by Crippen LogP contribution is -2.64. The van der Waals surface area contributed by atoms with E-state index in [-0.39, 0.29) is 28.2 Å². The zero-order chi connectivity index (χ0) is 49.7. The summed E-state index contributed by atoms with van der Waals surface area (Å²) in [6, 6.07) is 34.0. The number of hydrogen-bond acceptors (Lipinski definition) is 10. The van der Waals surface area contributed by atoms with Crippen LogP contribution in [0.4, 0.5) is 0 Å². The Morgan fingerprint density at radius 1 is 0.563 bits per heavy atom. The number of esters is 4. The molecule has 0 amide bonds. The van der Waals surface area contributed by atoms with Crippen molar-refractivity contribution in [1.82, 2.24) is 0 Å². The molecule has 0 radical (unpaired) electrons. The monoisotopic (exact) mass is 967 g/mol. The molecule has 0 spiro atoms. The van der Waals surface area contributed by atoms with Crippen LogP contribution >= 0.6 is 0 Å². The average Bonchev–Trinajstić information content (AvgIpc) is 3.75. The lowest BCUT2D eigenvalue weighted by molar-refractivity contribution is -0.313. The van der Waals surface area contributed by atoms with E-state index in [1.165, 1.54) is 51.4 Å². The molecule has 0 bridgehead atoms. The van der Waals surface area contributed by atoms with Gasteiger partial charge in [0.15, 0.2) is 24.6 Å². The Labute approximate surface area is 420 Å². The summed E-state index contributed by atoms with van der Waals surface area (Å²) in [7, 11) is 0. The van der Waals surface area contributed by atoms with Crippen LogP contribution in [0.2, 0.25) is 0 Å². The smallest absolute Gasteiger partial charge is 0.338 e. The van der Waals surface area contributed by atoms with Crippen molar-refractivity contribution >= 4 is 23.9 Å². The number of ether oxygens (including phenoxy) is 6. The van der Waals surface area contributed by atoms with Gasteiger partial charge in [-0.1, -0.05) is 127 Å². The molecule has 1 saturated heterocycles. The molecular formula is C61H74O10. The van der Waals surface area contributed by atoms with Gasteiger partial charge in [-0.05, 0) is 159 Å². The van der Waals surface area contributed by atoms with Crippen molar-refractivity contribution in [2.45, 2.75) is 148 Å². The van der Waals surface area contributed by atoms with E-state index in [1.807, 2.05) is 0 Å². The van der Waals surface area contributed by atoms with Gasteiger partial charge >= 0.3 is 23.9 Å². The van der Waals surface area contributed by atoms with Crippen LogP contribution in [0.1, 0.15) is 153 Å². The molecule has 378 valence electrons. The minimum atomic E-state index is -1.46. The molecule has 4 aromatic rings.